The average Bonchev–Trinajstić information content (AvgIpc) is 0.839. The quantitative estimate of drug-likeness (QED) is 0.0173. The van der Waals surface area contributed by atoms with Gasteiger partial charge in [-0.05, 0) is 248 Å². The molecule has 5 saturated carbocycles. The highest BCUT2D eigenvalue weighted by molar-refractivity contribution is 5.99. The van der Waals surface area contributed by atoms with Gasteiger partial charge in [0.2, 0.25) is 29.7 Å². The molecule has 746 valence electrons. The number of ether oxygens (including phenoxy) is 4. The Morgan fingerprint density at radius 1 is 0.422 bits per heavy atom. The molecule has 5 aromatic heterocycles. The van der Waals surface area contributed by atoms with Crippen molar-refractivity contribution in [2.75, 3.05) is 122 Å². The first-order valence-corrected chi connectivity index (χ1v) is 50.4. The number of nitrogens with one attached hydrogen (secondary N) is 8. The summed E-state index contributed by atoms with van der Waals surface area (Å²) in [6.07, 6.45) is 40.9. The topological polar surface area (TPSA) is 515 Å². The van der Waals surface area contributed by atoms with E-state index in [2.05, 4.69) is 124 Å². The lowest BCUT2D eigenvalue weighted by Gasteiger charge is -2.36. The molecule has 0 unspecified atom stereocenters. The van der Waals surface area contributed by atoms with Gasteiger partial charge in [-0.2, -0.15) is 15.0 Å². The number of amides is 5. The Morgan fingerprint density at radius 3 is 1.06 bits per heavy atom. The van der Waals surface area contributed by atoms with Crippen LogP contribution >= 0.6 is 0 Å². The van der Waals surface area contributed by atoms with Crippen LogP contribution in [0.3, 0.4) is 0 Å². The maximum atomic E-state index is 12.3. The molecule has 36 heteroatoms. The van der Waals surface area contributed by atoms with Crippen LogP contribution in [-0.2, 0) is 41.4 Å². The zero-order valence-electron chi connectivity index (χ0n) is 81.8. The van der Waals surface area contributed by atoms with Gasteiger partial charge >= 0.3 is 0 Å². The summed E-state index contributed by atoms with van der Waals surface area (Å²) in [5, 5.41) is 47.0. The predicted molar refractivity (Wildman–Crippen MR) is 526 cm³/mol. The highest BCUT2D eigenvalue weighted by Crippen LogP contribution is 2.37. The molecule has 10 fully saturated rings. The van der Waals surface area contributed by atoms with E-state index < -0.39 is 23.3 Å². The molecule has 0 radical (unpaired) electrons. The van der Waals surface area contributed by atoms with Crippen LogP contribution in [-0.4, -0.2) is 245 Å². The first-order chi connectivity index (χ1) is 64.9. The minimum atomic E-state index is -0.654. The lowest BCUT2D eigenvalue weighted by Crippen LogP contribution is -2.39. The number of carbonyl (C=O) groups excluding carboxylic acids is 6. The maximum Gasteiger partial charge on any atom is 0.254 e. The number of rotatable bonds is 33. The number of aliphatic hydroxyl groups excluding tert-OH is 1. The number of hydrogen-bond donors (Lipinski definition) is 14. The fourth-order valence-electron chi connectivity index (χ4n) is 19.4. The molecule has 0 spiro atoms. The van der Waals surface area contributed by atoms with Crippen molar-refractivity contribution in [1.82, 2.24) is 59.6 Å². The van der Waals surface area contributed by atoms with Crippen molar-refractivity contribution in [1.29, 1.82) is 0 Å². The van der Waals surface area contributed by atoms with Crippen LogP contribution in [0.2, 0.25) is 0 Å². The number of ketones is 1. The van der Waals surface area contributed by atoms with Crippen molar-refractivity contribution < 1.29 is 57.9 Å². The number of methoxy groups -OCH3 is 1. The molecule has 10 heterocycles. The normalized spacial score (nSPS) is 22.9. The molecule has 0 aromatic carbocycles. The molecule has 5 aliphatic carbocycles. The van der Waals surface area contributed by atoms with Crippen LogP contribution in [0, 0.1) is 41.4 Å². The predicted octanol–water partition coefficient (Wildman–Crippen LogP) is 12.7. The monoisotopic (exact) mass is 1880 g/mol. The summed E-state index contributed by atoms with van der Waals surface area (Å²) >= 11 is 0. The number of carbonyl (C=O) groups is 6. The van der Waals surface area contributed by atoms with Gasteiger partial charge in [-0.15, -0.1) is 0 Å². The molecule has 5 aromatic rings. The lowest BCUT2D eigenvalue weighted by molar-refractivity contribution is -0.134. The summed E-state index contributed by atoms with van der Waals surface area (Å²) < 4.78 is 21.4. The summed E-state index contributed by atoms with van der Waals surface area (Å²) in [6.45, 7) is 28.3. The number of likely N-dealkylation sites (tertiary alicyclic amines) is 2. The first kappa shape index (κ1) is 106. The van der Waals surface area contributed by atoms with E-state index in [9.17, 15) is 39.0 Å². The fraction of sp³-hybridized carbons (Fsp3) is 0.717. The molecule has 10 aliphatic rings. The number of aromatic nitrogens is 10. The second kappa shape index (κ2) is 53.2. The van der Waals surface area contributed by atoms with E-state index >= 15 is 0 Å². The van der Waals surface area contributed by atoms with Crippen molar-refractivity contribution in [2.45, 2.75) is 334 Å². The van der Waals surface area contributed by atoms with Crippen LogP contribution in [0.1, 0.15) is 320 Å². The van der Waals surface area contributed by atoms with Crippen LogP contribution in [0.5, 0.6) is 0 Å². The van der Waals surface area contributed by atoms with E-state index in [1.807, 2.05) is 23.6 Å². The minimum Gasteiger partial charge on any atom is -0.399 e. The van der Waals surface area contributed by atoms with E-state index in [1.54, 1.807) is 26.4 Å². The Bertz CT molecular complexity index is 4550. The van der Waals surface area contributed by atoms with Gasteiger partial charge in [-0.1, -0.05) is 47.6 Å². The number of piperidine rings is 2. The number of anilines is 8. The fourth-order valence-corrected chi connectivity index (χ4v) is 19.4. The van der Waals surface area contributed by atoms with Gasteiger partial charge in [0.05, 0.1) is 39.5 Å². The summed E-state index contributed by atoms with van der Waals surface area (Å²) in [7, 11) is 1.74. The molecular formula is C99H158N24O12. The summed E-state index contributed by atoms with van der Waals surface area (Å²) in [5.74, 6) is 8.68. The molecule has 15 rings (SSSR count). The number of aliphatic hydroxyl groups is 2. The van der Waals surface area contributed by atoms with Crippen LogP contribution in [0.4, 0.5) is 46.9 Å². The van der Waals surface area contributed by atoms with E-state index in [4.69, 9.17) is 51.9 Å². The highest BCUT2D eigenvalue weighted by atomic mass is 16.5. The SMILES string of the molecule is C=C(N)c1cnc(CC2CCN(C(=O)CC(C)C)CC2)nc1NC1CCC1.CC(=O)c1cnc(CC2CCN(C(=O)CC(C)C)CC2)nc1NC1CCOCC1.CC(C)(O)C1CCC(Nc2nc(NC3CCOCC3)ncc2C(N)=O)CC1.CCC1CCC(Nc2nc(NC3CCOCC3)ncc2C(N)=O)CC1.COCC1CCC(Nc2nc(NC3CCC(O)CC3)ncc2C(N)=O)CC1. The zero-order chi connectivity index (χ0) is 96.5. The summed E-state index contributed by atoms with van der Waals surface area (Å²) in [4.78, 5) is 121. The number of primary amides is 3. The van der Waals surface area contributed by atoms with Crippen molar-refractivity contribution in [3.63, 3.8) is 0 Å². The Morgan fingerprint density at radius 2 is 0.733 bits per heavy atom. The van der Waals surface area contributed by atoms with Crippen LogP contribution < -0.4 is 65.5 Å². The molecule has 135 heavy (non-hydrogen) atoms. The van der Waals surface area contributed by atoms with E-state index in [0.717, 1.165) is 268 Å². The van der Waals surface area contributed by atoms with Crippen LogP contribution in [0.15, 0.2) is 37.6 Å². The maximum absolute atomic E-state index is 12.3. The minimum absolute atomic E-state index is 0.0249. The van der Waals surface area contributed by atoms with Gasteiger partial charge in [-0.3, -0.25) is 28.8 Å². The Balaban J connectivity index is 0.000000162. The van der Waals surface area contributed by atoms with Crippen molar-refractivity contribution >= 4 is 88.0 Å². The van der Waals surface area contributed by atoms with Crippen LogP contribution in [0.25, 0.3) is 5.70 Å². The highest BCUT2D eigenvalue weighted by Gasteiger charge is 2.35. The molecule has 5 amide bonds. The summed E-state index contributed by atoms with van der Waals surface area (Å²) in [6, 6.07) is 2.39. The number of hydrogen-bond acceptors (Lipinski definition) is 31. The van der Waals surface area contributed by atoms with Gasteiger partial charge in [0, 0.05) is 190 Å². The molecule has 0 bridgehead atoms. The lowest BCUT2D eigenvalue weighted by atomic mass is 9.77. The smallest absolute Gasteiger partial charge is 0.254 e. The number of Topliss-reactive ketones (excluding diaryl/α,β-unsaturated/α-hetero) is 1. The molecule has 0 atom stereocenters. The molecule has 18 N–H and O–H groups in total. The Labute approximate surface area is 798 Å². The Kier molecular flexibility index (Phi) is 41.6. The molecule has 36 nitrogen and oxygen atoms in total. The average molecular weight is 1880 g/mol. The molecular weight excluding hydrogens is 1720 g/mol. The third-order valence-corrected chi connectivity index (χ3v) is 28.2. The van der Waals surface area contributed by atoms with Gasteiger partial charge in [0.25, 0.3) is 17.7 Å². The second-order valence-corrected chi connectivity index (χ2v) is 40.3. The second-order valence-electron chi connectivity index (χ2n) is 40.3. The molecule has 5 saturated heterocycles. The third kappa shape index (κ3) is 34.4. The largest absolute Gasteiger partial charge is 0.399 e. The van der Waals surface area contributed by atoms with E-state index in [0.29, 0.717) is 136 Å². The molecule has 5 aliphatic heterocycles. The number of nitrogens with two attached hydrogens (primary N) is 4. The number of nitrogens with zero attached hydrogens (tertiary/aromatic N) is 12. The standard InChI is InChI=1S/C22H34N4O3.C21H33N5O.2C19H31N5O3.C18H29N5O2/c1-15(2)12-21(28)26-8-4-17(5-9-26)13-20-23-14-19(16(3)27)22(25-20)24-18-6-10-29-11-7-18;1-14(2)11-20(27)26-9-7-16(8-10-26)12-19-23-13-18(15(3)22)21(25-19)24-17-5-4-6-17;1-19(2,26)12-3-5-13(6-4-12)22-17-15(16(20)25)11-21-18(24-17)23-14-7-9-27-10-8-14;1-27-11-12-2-4-13(5-3-12)22-18-16(17(20)26)10-21-19(24-18)23-14-6-8-15(25)9-7-14;1-2-12-3-5-13(6-4-12)21-17-15(16(19)24)11-20-18(23-17)22-14-7-9-25-10-8-14/h14-15,17-18H,4-13H2,1-3H3,(H,23,24,25);13-14,16-17H,3-12,22H2,1-2H3,(H,23,24,25);11-14,26H,3-10H2,1-2H3,(H2,20,25)(H2,21,22,23,24);10,12-15,25H,2-9,11H2,1H3,(H2,20,26)(H2,21,22,23,24);11-14H,2-10H2,1H3,(H2,19,24)(H2,20,21,22,23). The van der Waals surface area contributed by atoms with Gasteiger partial charge in [0.15, 0.2) is 5.78 Å². The van der Waals surface area contributed by atoms with Crippen molar-refractivity contribution in [3.05, 3.63) is 77.0 Å². The summed E-state index contributed by atoms with van der Waals surface area (Å²) in [5.41, 5.74) is 24.6. The third-order valence-electron chi connectivity index (χ3n) is 28.2. The Hall–Kier alpha value is -9.88. The van der Waals surface area contributed by atoms with Gasteiger partial charge < -0.3 is 104 Å². The van der Waals surface area contributed by atoms with Gasteiger partial charge in [-0.25, -0.2) is 34.9 Å². The van der Waals surface area contributed by atoms with E-state index in [-0.39, 0.29) is 53.9 Å². The van der Waals surface area contributed by atoms with Crippen molar-refractivity contribution in [3.8, 4) is 0 Å². The zero-order valence-corrected chi connectivity index (χ0v) is 81.8. The van der Waals surface area contributed by atoms with Gasteiger partial charge in [0.1, 0.15) is 40.7 Å². The van der Waals surface area contributed by atoms with Crippen molar-refractivity contribution in [2.24, 2.45) is 64.4 Å². The first-order valence-electron chi connectivity index (χ1n) is 50.4. The van der Waals surface area contributed by atoms with E-state index in [1.165, 1.54) is 57.1 Å².